The number of nitrogens with zero attached hydrogens (tertiary/aromatic N) is 1. The first kappa shape index (κ1) is 18.6. The van der Waals surface area contributed by atoms with Gasteiger partial charge in [0.05, 0.1) is 10.7 Å². The van der Waals surface area contributed by atoms with Crippen molar-refractivity contribution in [2.24, 2.45) is 0 Å². The second-order valence-electron chi connectivity index (χ2n) is 6.48. The first-order chi connectivity index (χ1) is 15.6. The lowest BCUT2D eigenvalue weighted by molar-refractivity contribution is -0.207. The molecule has 0 radical (unpaired) electrons. The van der Waals surface area contributed by atoms with Crippen LogP contribution in [0.15, 0.2) is 42.6 Å². The molecule has 1 aromatic rings. The number of rotatable bonds is 4. The summed E-state index contributed by atoms with van der Waals surface area (Å²) in [5.41, 5.74) is 0.103. The Morgan fingerprint density at radius 3 is 3.00 bits per heavy atom. The van der Waals surface area contributed by atoms with Gasteiger partial charge in [-0.2, -0.15) is 0 Å². The zero-order chi connectivity index (χ0) is 25.3. The van der Waals surface area contributed by atoms with Crippen molar-refractivity contribution in [1.29, 1.82) is 0 Å². The summed E-state index contributed by atoms with van der Waals surface area (Å²) in [4.78, 5) is -0.00265. The zero-order valence-electron chi connectivity index (χ0n) is 18.3. The molecule has 0 aromatic heterocycles. The Hall–Kier alpha value is -1.99. The fraction of sp³-hybridized carbons (Fsp3) is 0.353. The Kier molecular flexibility index (Phi) is 4.70. The molecule has 9 nitrogen and oxygen atoms in total. The lowest BCUT2D eigenvalue weighted by Gasteiger charge is -2.34. The Labute approximate surface area is 183 Å². The molecule has 1 saturated heterocycles. The molecular weight excluding hydrogens is 464 g/mol. The van der Waals surface area contributed by atoms with Crippen molar-refractivity contribution in [2.45, 2.75) is 30.9 Å². The smallest absolute Gasteiger partial charge is 0.404 e. The number of ether oxygens (including phenoxy) is 1. The van der Waals surface area contributed by atoms with Gasteiger partial charge < -0.3 is 29.7 Å². The van der Waals surface area contributed by atoms with Gasteiger partial charge in [-0.25, -0.2) is 17.7 Å². The number of halogens is 3. The molecule has 5 atom stereocenters. The molecule has 0 spiro atoms. The standard InChI is InChI=1S/C17H16F3N2O7PS/c1-8-21-15(31)11(19)5-22(8)16-13(23)14(24)17(20,28-16)7-27-30(25)26-6-9-4-10(18)2-3-12(9)29-30/h2-5,13-14,16,23-24H,1,6-7H2,(H,21,31)/t13-,14+,16-,17-,30?/m1/s1/i7D2,16D. The van der Waals surface area contributed by atoms with Crippen LogP contribution in [0.5, 0.6) is 5.75 Å². The van der Waals surface area contributed by atoms with E-state index in [2.05, 4.69) is 28.6 Å². The van der Waals surface area contributed by atoms with Crippen molar-refractivity contribution in [3.8, 4) is 5.75 Å². The molecule has 0 saturated carbocycles. The van der Waals surface area contributed by atoms with Gasteiger partial charge in [-0.05, 0) is 18.2 Å². The maximum atomic E-state index is 15.8. The van der Waals surface area contributed by atoms with Crippen LogP contribution < -0.4 is 9.84 Å². The van der Waals surface area contributed by atoms with Gasteiger partial charge in [-0.15, -0.1) is 0 Å². The molecule has 3 aliphatic heterocycles. The zero-order valence-corrected chi connectivity index (χ0v) is 17.0. The maximum Gasteiger partial charge on any atom is 0.530 e. The summed E-state index contributed by atoms with van der Waals surface area (Å²) in [6.45, 7) is -1.01. The molecule has 31 heavy (non-hydrogen) atoms. The van der Waals surface area contributed by atoms with Crippen molar-refractivity contribution in [2.75, 3.05) is 6.56 Å². The summed E-state index contributed by atoms with van der Waals surface area (Å²) in [7, 11) is -4.93. The van der Waals surface area contributed by atoms with Crippen LogP contribution in [0.1, 0.15) is 9.68 Å². The molecule has 3 N–H and O–H groups in total. The Morgan fingerprint density at radius 1 is 1.52 bits per heavy atom. The molecule has 1 unspecified atom stereocenters. The van der Waals surface area contributed by atoms with Crippen LogP contribution in [0.4, 0.5) is 13.2 Å². The van der Waals surface area contributed by atoms with E-state index in [9.17, 15) is 23.6 Å². The van der Waals surface area contributed by atoms with Gasteiger partial charge in [-0.3, -0.25) is 9.05 Å². The monoisotopic (exact) mass is 483 g/mol. The molecule has 14 heteroatoms. The number of benzene rings is 1. The fourth-order valence-electron chi connectivity index (χ4n) is 2.79. The number of thiocarbonyl (C=S) groups is 1. The van der Waals surface area contributed by atoms with E-state index in [-0.39, 0.29) is 17.1 Å². The second-order valence-corrected chi connectivity index (χ2v) is 8.41. The Bertz CT molecular complexity index is 1160. The third-order valence-electron chi connectivity index (χ3n) is 4.34. The largest absolute Gasteiger partial charge is 0.530 e. The molecule has 0 aliphatic carbocycles. The van der Waals surface area contributed by atoms with Gasteiger partial charge in [0, 0.05) is 11.8 Å². The highest BCUT2D eigenvalue weighted by atomic mass is 32.1. The molecule has 0 bridgehead atoms. The summed E-state index contributed by atoms with van der Waals surface area (Å²) < 4.78 is 99.5. The number of alkyl halides is 1. The predicted octanol–water partition coefficient (Wildman–Crippen LogP) is 2.12. The highest BCUT2D eigenvalue weighted by Crippen LogP contribution is 2.55. The fourth-order valence-corrected chi connectivity index (χ4v) is 4.06. The number of phosphoric acid groups is 1. The van der Waals surface area contributed by atoms with E-state index in [1.807, 2.05) is 0 Å². The van der Waals surface area contributed by atoms with Crippen molar-refractivity contribution >= 4 is 25.0 Å². The molecule has 3 aliphatic rings. The Balaban J connectivity index is 1.63. The topological polar surface area (TPSA) is 110 Å². The summed E-state index contributed by atoms with van der Waals surface area (Å²) in [6, 6.07) is 3.01. The van der Waals surface area contributed by atoms with Gasteiger partial charge in [0.15, 0.2) is 12.0 Å². The lowest BCUT2D eigenvalue weighted by atomic mass is 10.1. The second kappa shape index (κ2) is 7.85. The first-order valence-electron chi connectivity index (χ1n) is 9.97. The minimum Gasteiger partial charge on any atom is -0.404 e. The summed E-state index contributed by atoms with van der Waals surface area (Å²) in [5, 5.41) is 22.9. The van der Waals surface area contributed by atoms with Gasteiger partial charge in [0.1, 0.15) is 41.1 Å². The van der Waals surface area contributed by atoms with Crippen LogP contribution in [-0.2, 0) is 25.0 Å². The number of hydrogen-bond donors (Lipinski definition) is 3. The van der Waals surface area contributed by atoms with Crippen molar-refractivity contribution in [3.63, 3.8) is 0 Å². The van der Waals surface area contributed by atoms with Crippen molar-refractivity contribution in [3.05, 3.63) is 54.0 Å². The highest BCUT2D eigenvalue weighted by molar-refractivity contribution is 7.80. The van der Waals surface area contributed by atoms with E-state index in [1.165, 1.54) is 0 Å². The van der Waals surface area contributed by atoms with Crippen molar-refractivity contribution < 1.29 is 50.4 Å². The number of aliphatic hydroxyl groups excluding tert-OH is 2. The van der Waals surface area contributed by atoms with Crippen LogP contribution >= 0.6 is 20.0 Å². The molecule has 3 heterocycles. The van der Waals surface area contributed by atoms with E-state index in [0.717, 1.165) is 18.2 Å². The SMILES string of the molecule is [2H]C([2H])(OP1(=O)OCc2cc(F)ccc2O1)[C@@]1(F)O[C@@]([2H])(N2C=C(F)C(=S)NC2=C)[C@H](O)[C@@H]1O. The summed E-state index contributed by atoms with van der Waals surface area (Å²) >= 11 is 4.68. The number of fused-ring (bicyclic) bond motifs is 1. The van der Waals surface area contributed by atoms with Crippen LogP contribution in [-0.4, -0.2) is 50.9 Å². The quantitative estimate of drug-likeness (QED) is 0.435. The van der Waals surface area contributed by atoms with Gasteiger partial charge >= 0.3 is 7.82 Å². The molecule has 1 aromatic carbocycles. The summed E-state index contributed by atoms with van der Waals surface area (Å²) in [5.74, 6) is -6.42. The van der Waals surface area contributed by atoms with Gasteiger partial charge in [0.25, 0.3) is 5.85 Å². The highest BCUT2D eigenvalue weighted by Gasteiger charge is 2.58. The van der Waals surface area contributed by atoms with Gasteiger partial charge in [0.2, 0.25) is 0 Å². The molecule has 4 rings (SSSR count). The van der Waals surface area contributed by atoms with Crippen LogP contribution in [0.25, 0.3) is 0 Å². The number of aliphatic hydroxyl groups is 2. The third kappa shape index (κ3) is 4.10. The van der Waals surface area contributed by atoms with E-state index >= 15 is 4.39 Å². The van der Waals surface area contributed by atoms with Crippen molar-refractivity contribution in [1.82, 2.24) is 10.2 Å². The number of phosphoric ester groups is 1. The number of hydrogen-bond acceptors (Lipinski definition) is 9. The predicted molar refractivity (Wildman–Crippen MR) is 102 cm³/mol. The molecule has 0 amide bonds. The average Bonchev–Trinajstić information content (AvgIpc) is 2.92. The minimum atomic E-state index is -4.93. The van der Waals surface area contributed by atoms with Crippen LogP contribution in [0, 0.1) is 5.82 Å². The molecular formula is C17H16F3N2O7PS. The van der Waals surface area contributed by atoms with Gasteiger partial charge in [-0.1, -0.05) is 18.8 Å². The normalized spacial score (nSPS) is 39.6. The van der Waals surface area contributed by atoms with E-state index < -0.39 is 61.9 Å². The van der Waals surface area contributed by atoms with Crippen LogP contribution in [0.3, 0.4) is 0 Å². The average molecular weight is 483 g/mol. The molecule has 1 fully saturated rings. The number of nitrogens with one attached hydrogen (secondary N) is 1. The van der Waals surface area contributed by atoms with Crippen LogP contribution in [0.2, 0.25) is 0 Å². The minimum absolute atomic E-state index is 0.103. The maximum absolute atomic E-state index is 15.8. The first-order valence-corrected chi connectivity index (χ1v) is 10.3. The Morgan fingerprint density at radius 2 is 2.26 bits per heavy atom. The van der Waals surface area contributed by atoms with E-state index in [1.54, 1.807) is 0 Å². The van der Waals surface area contributed by atoms with E-state index in [4.69, 9.17) is 17.9 Å². The molecule has 168 valence electrons. The lowest BCUT2D eigenvalue weighted by Crippen LogP contribution is -2.47. The summed E-state index contributed by atoms with van der Waals surface area (Å²) in [6.07, 6.45) is -7.92. The van der Waals surface area contributed by atoms with E-state index in [0.29, 0.717) is 11.1 Å². The third-order valence-corrected chi connectivity index (χ3v) is 5.82.